The Hall–Kier alpha value is -3.40. The molecule has 1 amide bonds. The molecule has 0 N–H and O–H groups in total. The molecule has 1 aromatic heterocycles. The molecule has 2 unspecified atom stereocenters. The Kier molecular flexibility index (Phi) is 7.90. The molecular formula is C29H23Cl2F4N3O2. The standard InChI is InChI=1S/C29H23Cl2F4N3O2/c1-37(13-17-2-8-22(25(32)10-17)29(33,34)35)26-15-38(14-21(26)20-7-9-23(30)24(31)11-20)28(39)19-5-3-18(4-6-19)27-12-36-16-40-27/h2-12,16,21,26H,13-15H2,1H3. The first-order valence-electron chi connectivity index (χ1n) is 12.3. The van der Waals surface area contributed by atoms with Crippen molar-refractivity contribution in [3.63, 3.8) is 0 Å². The number of benzene rings is 3. The van der Waals surface area contributed by atoms with Crippen molar-refractivity contribution in [2.75, 3.05) is 20.1 Å². The van der Waals surface area contributed by atoms with Crippen molar-refractivity contribution in [2.24, 2.45) is 0 Å². The number of rotatable bonds is 6. The highest BCUT2D eigenvalue weighted by atomic mass is 35.5. The van der Waals surface area contributed by atoms with Crippen LogP contribution in [0.1, 0.15) is 33.0 Å². The van der Waals surface area contributed by atoms with Crippen LogP contribution in [-0.2, 0) is 12.7 Å². The van der Waals surface area contributed by atoms with Crippen molar-refractivity contribution in [1.82, 2.24) is 14.8 Å². The third-order valence-electron chi connectivity index (χ3n) is 7.13. The first-order chi connectivity index (χ1) is 19.0. The molecule has 3 aromatic carbocycles. The topological polar surface area (TPSA) is 49.6 Å². The minimum atomic E-state index is -4.77. The molecule has 0 bridgehead atoms. The highest BCUT2D eigenvalue weighted by Crippen LogP contribution is 2.36. The summed E-state index contributed by atoms with van der Waals surface area (Å²) in [6, 6.07) is 15.0. The lowest BCUT2D eigenvalue weighted by Crippen LogP contribution is -2.38. The number of halogens is 6. The van der Waals surface area contributed by atoms with Crippen LogP contribution in [0, 0.1) is 5.82 Å². The average molecular weight is 592 g/mol. The first kappa shape index (κ1) is 28.1. The van der Waals surface area contributed by atoms with Gasteiger partial charge in [-0.2, -0.15) is 13.2 Å². The Morgan fingerprint density at radius 3 is 2.42 bits per heavy atom. The van der Waals surface area contributed by atoms with E-state index >= 15 is 0 Å². The van der Waals surface area contributed by atoms with Gasteiger partial charge in [0.15, 0.2) is 12.2 Å². The summed E-state index contributed by atoms with van der Waals surface area (Å²) in [4.78, 5) is 21.1. The fourth-order valence-corrected chi connectivity index (χ4v) is 5.39. The number of hydrogen-bond donors (Lipinski definition) is 0. The monoisotopic (exact) mass is 591 g/mol. The number of oxazole rings is 1. The number of aromatic nitrogens is 1. The van der Waals surface area contributed by atoms with Crippen LogP contribution in [0.2, 0.25) is 10.0 Å². The second kappa shape index (κ2) is 11.2. The molecule has 2 atom stereocenters. The van der Waals surface area contributed by atoms with Crippen molar-refractivity contribution < 1.29 is 26.8 Å². The molecule has 1 aliphatic heterocycles. The lowest BCUT2D eigenvalue weighted by Gasteiger charge is -2.29. The molecule has 1 aliphatic rings. The Labute approximate surface area is 237 Å². The lowest BCUT2D eigenvalue weighted by molar-refractivity contribution is -0.140. The van der Waals surface area contributed by atoms with E-state index in [0.717, 1.165) is 23.3 Å². The number of hydrogen-bond acceptors (Lipinski definition) is 4. The predicted molar refractivity (Wildman–Crippen MR) is 144 cm³/mol. The third kappa shape index (κ3) is 5.87. The fourth-order valence-electron chi connectivity index (χ4n) is 5.08. The first-order valence-corrected chi connectivity index (χ1v) is 13.1. The zero-order valence-electron chi connectivity index (χ0n) is 21.1. The van der Waals surface area contributed by atoms with Gasteiger partial charge in [-0.05, 0) is 54.6 Å². The van der Waals surface area contributed by atoms with Gasteiger partial charge >= 0.3 is 6.18 Å². The van der Waals surface area contributed by atoms with E-state index in [2.05, 4.69) is 4.98 Å². The number of nitrogens with zero attached hydrogens (tertiary/aromatic N) is 3. The van der Waals surface area contributed by atoms with Crippen molar-refractivity contribution in [3.05, 3.63) is 111 Å². The zero-order chi connectivity index (χ0) is 28.6. The number of likely N-dealkylation sites (tertiary alicyclic amines) is 1. The normalized spacial score (nSPS) is 17.6. The highest BCUT2D eigenvalue weighted by molar-refractivity contribution is 6.42. The Balaban J connectivity index is 1.39. The van der Waals surface area contributed by atoms with E-state index in [-0.39, 0.29) is 24.4 Å². The molecule has 0 aliphatic carbocycles. The lowest BCUT2D eigenvalue weighted by atomic mass is 9.93. The van der Waals surface area contributed by atoms with Crippen LogP contribution in [0.5, 0.6) is 0 Å². The summed E-state index contributed by atoms with van der Waals surface area (Å²) in [5.74, 6) is -1.10. The van der Waals surface area contributed by atoms with Gasteiger partial charge in [-0.1, -0.05) is 47.5 Å². The Bertz CT molecular complexity index is 1510. The van der Waals surface area contributed by atoms with Crippen molar-refractivity contribution in [2.45, 2.75) is 24.7 Å². The molecule has 0 saturated carbocycles. The molecule has 2 heterocycles. The quantitative estimate of drug-likeness (QED) is 0.217. The van der Waals surface area contributed by atoms with Gasteiger partial charge in [0.25, 0.3) is 5.91 Å². The van der Waals surface area contributed by atoms with Crippen LogP contribution in [0.25, 0.3) is 11.3 Å². The van der Waals surface area contributed by atoms with Crippen molar-refractivity contribution in [1.29, 1.82) is 0 Å². The van der Waals surface area contributed by atoms with Crippen LogP contribution >= 0.6 is 23.2 Å². The summed E-state index contributed by atoms with van der Waals surface area (Å²) in [6.45, 7) is 0.885. The molecule has 5 rings (SSSR count). The molecule has 40 heavy (non-hydrogen) atoms. The van der Waals surface area contributed by atoms with Crippen LogP contribution in [0.4, 0.5) is 17.6 Å². The Morgan fingerprint density at radius 2 is 1.80 bits per heavy atom. The number of likely N-dealkylation sites (N-methyl/N-ethyl adjacent to an activating group) is 1. The molecule has 0 radical (unpaired) electrons. The Morgan fingerprint density at radius 1 is 1.05 bits per heavy atom. The smallest absolute Gasteiger partial charge is 0.419 e. The molecular weight excluding hydrogens is 569 g/mol. The fraction of sp³-hybridized carbons (Fsp3) is 0.241. The van der Waals surface area contributed by atoms with E-state index in [1.165, 1.54) is 12.5 Å². The zero-order valence-corrected chi connectivity index (χ0v) is 22.6. The van der Waals surface area contributed by atoms with E-state index in [4.69, 9.17) is 27.6 Å². The SMILES string of the molecule is CN(Cc1ccc(C(F)(F)F)c(F)c1)C1CN(C(=O)c2ccc(-c3cnco3)cc2)CC1c1ccc(Cl)c(Cl)c1. The molecule has 5 nitrogen and oxygen atoms in total. The largest absolute Gasteiger partial charge is 0.444 e. The summed E-state index contributed by atoms with van der Waals surface area (Å²) < 4.78 is 58.6. The van der Waals surface area contributed by atoms with Gasteiger partial charge in [-0.25, -0.2) is 9.37 Å². The minimum Gasteiger partial charge on any atom is -0.444 e. The van der Waals surface area contributed by atoms with Gasteiger partial charge in [0, 0.05) is 42.7 Å². The average Bonchev–Trinajstić information content (AvgIpc) is 3.60. The van der Waals surface area contributed by atoms with E-state index < -0.39 is 17.6 Å². The number of carbonyl (C=O) groups excluding carboxylic acids is 1. The predicted octanol–water partition coefficient (Wildman–Crippen LogP) is 7.55. The maximum Gasteiger partial charge on any atom is 0.419 e. The third-order valence-corrected chi connectivity index (χ3v) is 7.87. The maximum atomic E-state index is 14.2. The van der Waals surface area contributed by atoms with Crippen molar-refractivity contribution in [3.8, 4) is 11.3 Å². The summed E-state index contributed by atoms with van der Waals surface area (Å²) in [6.07, 6.45) is -1.85. The van der Waals surface area contributed by atoms with Gasteiger partial charge < -0.3 is 9.32 Å². The minimum absolute atomic E-state index is 0.172. The van der Waals surface area contributed by atoms with Gasteiger partial charge in [-0.3, -0.25) is 9.69 Å². The molecule has 11 heteroatoms. The molecule has 208 valence electrons. The van der Waals surface area contributed by atoms with Gasteiger partial charge in [0.2, 0.25) is 0 Å². The number of alkyl halides is 3. The van der Waals surface area contributed by atoms with E-state index in [0.29, 0.717) is 40.0 Å². The highest BCUT2D eigenvalue weighted by Gasteiger charge is 2.39. The van der Waals surface area contributed by atoms with Crippen LogP contribution < -0.4 is 0 Å². The van der Waals surface area contributed by atoms with Gasteiger partial charge in [0.1, 0.15) is 5.82 Å². The second-order valence-electron chi connectivity index (χ2n) is 9.73. The second-order valence-corrected chi connectivity index (χ2v) is 10.5. The molecule has 1 saturated heterocycles. The summed E-state index contributed by atoms with van der Waals surface area (Å²) in [5.41, 5.74) is 1.21. The molecule has 0 spiro atoms. The van der Waals surface area contributed by atoms with Crippen molar-refractivity contribution >= 4 is 29.1 Å². The van der Waals surface area contributed by atoms with E-state index in [1.807, 2.05) is 11.0 Å². The summed E-state index contributed by atoms with van der Waals surface area (Å²) in [5, 5.41) is 0.770. The summed E-state index contributed by atoms with van der Waals surface area (Å²) in [7, 11) is 1.80. The van der Waals surface area contributed by atoms with E-state index in [9.17, 15) is 22.4 Å². The van der Waals surface area contributed by atoms with Crippen LogP contribution in [-0.4, -0.2) is 46.9 Å². The molecule has 4 aromatic rings. The van der Waals surface area contributed by atoms with Gasteiger partial charge in [-0.15, -0.1) is 0 Å². The number of carbonyl (C=O) groups is 1. The van der Waals surface area contributed by atoms with E-state index in [1.54, 1.807) is 54.5 Å². The van der Waals surface area contributed by atoms with Crippen LogP contribution in [0.15, 0.2) is 77.7 Å². The van der Waals surface area contributed by atoms with Crippen LogP contribution in [0.3, 0.4) is 0 Å². The summed E-state index contributed by atoms with van der Waals surface area (Å²) >= 11 is 12.4. The number of amides is 1. The van der Waals surface area contributed by atoms with Gasteiger partial charge in [0.05, 0.1) is 21.8 Å². The maximum absolute atomic E-state index is 14.2. The molecule has 1 fully saturated rings.